The number of amides is 1. The van der Waals surface area contributed by atoms with Gasteiger partial charge in [0.1, 0.15) is 12.0 Å². The predicted octanol–water partition coefficient (Wildman–Crippen LogP) is 2.88. The number of benzene rings is 2. The molecule has 0 aliphatic carbocycles. The zero-order valence-electron chi connectivity index (χ0n) is 16.9. The lowest BCUT2D eigenvalue weighted by Gasteiger charge is -2.38. The Hall–Kier alpha value is -3.75. The van der Waals surface area contributed by atoms with E-state index in [2.05, 4.69) is 38.3 Å². The Morgan fingerprint density at radius 3 is 2.42 bits per heavy atom. The van der Waals surface area contributed by atoms with Gasteiger partial charge in [0.2, 0.25) is 5.91 Å². The standard InChI is InChI=1S/C23H22N6O2/c24-22(30)18-8-6-17(7-9-18)20-10-11-21(23-25-16-26-28(20)23)29(19-4-2-1-3-5-19)27-12-14-31-15-13-27/h1-11,16H,12-15H2,(H2,24,30). The van der Waals surface area contributed by atoms with Crippen LogP contribution < -0.4 is 10.7 Å². The molecule has 0 bridgehead atoms. The lowest BCUT2D eigenvalue weighted by atomic mass is 10.1. The van der Waals surface area contributed by atoms with Gasteiger partial charge in [-0.2, -0.15) is 5.10 Å². The molecule has 4 aromatic rings. The van der Waals surface area contributed by atoms with Gasteiger partial charge in [-0.25, -0.2) is 14.5 Å². The second-order valence-electron chi connectivity index (χ2n) is 7.25. The van der Waals surface area contributed by atoms with Crippen molar-refractivity contribution >= 4 is 22.9 Å². The Kier molecular flexibility index (Phi) is 5.07. The summed E-state index contributed by atoms with van der Waals surface area (Å²) in [7, 11) is 0. The van der Waals surface area contributed by atoms with E-state index in [-0.39, 0.29) is 0 Å². The number of primary amides is 1. The Balaban J connectivity index is 1.62. The number of ether oxygens (including phenoxy) is 1. The number of pyridine rings is 1. The van der Waals surface area contributed by atoms with E-state index in [1.165, 1.54) is 0 Å². The molecule has 2 aromatic heterocycles. The molecule has 3 heterocycles. The third-order valence-corrected chi connectivity index (χ3v) is 5.37. The Bertz CT molecular complexity index is 1200. The average molecular weight is 414 g/mol. The van der Waals surface area contributed by atoms with Crippen molar-refractivity contribution < 1.29 is 9.53 Å². The normalized spacial score (nSPS) is 14.6. The van der Waals surface area contributed by atoms with Crippen LogP contribution in [0.4, 0.5) is 11.4 Å². The van der Waals surface area contributed by atoms with Crippen LogP contribution in [0.3, 0.4) is 0 Å². The van der Waals surface area contributed by atoms with Crippen LogP contribution >= 0.6 is 0 Å². The summed E-state index contributed by atoms with van der Waals surface area (Å²) in [5, 5.41) is 8.93. The molecule has 1 amide bonds. The smallest absolute Gasteiger partial charge is 0.248 e. The van der Waals surface area contributed by atoms with E-state index in [0.717, 1.165) is 41.4 Å². The summed E-state index contributed by atoms with van der Waals surface area (Å²) >= 11 is 0. The molecule has 1 saturated heterocycles. The van der Waals surface area contributed by atoms with Crippen LogP contribution in [0.15, 0.2) is 73.1 Å². The fourth-order valence-corrected chi connectivity index (χ4v) is 3.86. The molecule has 31 heavy (non-hydrogen) atoms. The first-order valence-electron chi connectivity index (χ1n) is 10.1. The van der Waals surface area contributed by atoms with E-state index in [1.807, 2.05) is 40.9 Å². The first kappa shape index (κ1) is 19.2. The van der Waals surface area contributed by atoms with Crippen molar-refractivity contribution in [1.82, 2.24) is 19.6 Å². The van der Waals surface area contributed by atoms with Gasteiger partial charge >= 0.3 is 0 Å². The number of carbonyl (C=O) groups excluding carboxylic acids is 1. The number of rotatable bonds is 5. The van der Waals surface area contributed by atoms with E-state index in [1.54, 1.807) is 18.5 Å². The van der Waals surface area contributed by atoms with Crippen LogP contribution in [0.25, 0.3) is 16.9 Å². The molecule has 0 unspecified atom stereocenters. The molecule has 1 aliphatic heterocycles. The fraction of sp³-hybridized carbons (Fsp3) is 0.174. The number of hydrogen-bond acceptors (Lipinski definition) is 6. The minimum absolute atomic E-state index is 0.447. The van der Waals surface area contributed by atoms with Gasteiger partial charge in [0.25, 0.3) is 0 Å². The molecule has 8 heteroatoms. The molecule has 1 fully saturated rings. The van der Waals surface area contributed by atoms with Crippen LogP contribution in [0, 0.1) is 0 Å². The molecule has 2 N–H and O–H groups in total. The lowest BCUT2D eigenvalue weighted by molar-refractivity contribution is 0.0379. The monoisotopic (exact) mass is 414 g/mol. The maximum atomic E-state index is 11.4. The van der Waals surface area contributed by atoms with Gasteiger partial charge in [-0.1, -0.05) is 30.3 Å². The van der Waals surface area contributed by atoms with Gasteiger partial charge in [0, 0.05) is 24.2 Å². The van der Waals surface area contributed by atoms with Crippen LogP contribution in [0.2, 0.25) is 0 Å². The van der Waals surface area contributed by atoms with Crippen molar-refractivity contribution in [2.45, 2.75) is 0 Å². The van der Waals surface area contributed by atoms with Crippen molar-refractivity contribution in [2.24, 2.45) is 5.73 Å². The van der Waals surface area contributed by atoms with Crippen molar-refractivity contribution in [2.75, 3.05) is 31.3 Å². The first-order valence-corrected chi connectivity index (χ1v) is 10.1. The predicted molar refractivity (Wildman–Crippen MR) is 118 cm³/mol. The van der Waals surface area contributed by atoms with Gasteiger partial charge in [-0.3, -0.25) is 9.80 Å². The zero-order chi connectivity index (χ0) is 21.2. The molecular formula is C23H22N6O2. The second-order valence-corrected chi connectivity index (χ2v) is 7.25. The molecule has 2 aromatic carbocycles. The summed E-state index contributed by atoms with van der Waals surface area (Å²) in [5.41, 5.74) is 10.4. The van der Waals surface area contributed by atoms with Gasteiger partial charge in [-0.05, 0) is 36.4 Å². The summed E-state index contributed by atoms with van der Waals surface area (Å²) in [6.45, 7) is 2.92. The largest absolute Gasteiger partial charge is 0.379 e. The number of aromatic nitrogens is 3. The van der Waals surface area contributed by atoms with E-state index in [0.29, 0.717) is 18.8 Å². The molecule has 8 nitrogen and oxygen atoms in total. The molecule has 1 aliphatic rings. The second kappa shape index (κ2) is 8.17. The summed E-state index contributed by atoms with van der Waals surface area (Å²) in [4.78, 5) is 16.0. The zero-order valence-corrected chi connectivity index (χ0v) is 16.9. The van der Waals surface area contributed by atoms with Crippen molar-refractivity contribution in [3.05, 3.63) is 78.6 Å². The summed E-state index contributed by atoms with van der Waals surface area (Å²) < 4.78 is 7.39. The summed E-state index contributed by atoms with van der Waals surface area (Å²) in [6.07, 6.45) is 1.56. The Morgan fingerprint density at radius 1 is 0.968 bits per heavy atom. The van der Waals surface area contributed by atoms with Gasteiger partial charge in [0.05, 0.1) is 24.6 Å². The number of nitrogens with two attached hydrogens (primary N) is 1. The number of morpholine rings is 1. The number of hydrogen-bond donors (Lipinski definition) is 1. The van der Waals surface area contributed by atoms with Gasteiger partial charge in [-0.15, -0.1) is 0 Å². The maximum absolute atomic E-state index is 11.4. The minimum atomic E-state index is -0.447. The van der Waals surface area contributed by atoms with E-state index in [4.69, 9.17) is 10.5 Å². The number of hydrazine groups is 1. The SMILES string of the molecule is NC(=O)c1ccc(-c2ccc(N(c3ccccc3)N3CCOCC3)c3ncnn23)cc1. The van der Waals surface area contributed by atoms with E-state index >= 15 is 0 Å². The highest BCUT2D eigenvalue weighted by Gasteiger charge is 2.24. The highest BCUT2D eigenvalue weighted by Crippen LogP contribution is 2.33. The summed E-state index contributed by atoms with van der Waals surface area (Å²) in [6, 6.07) is 21.5. The third kappa shape index (κ3) is 3.63. The number of anilines is 2. The Morgan fingerprint density at radius 2 is 1.71 bits per heavy atom. The van der Waals surface area contributed by atoms with Crippen LogP contribution in [0.1, 0.15) is 10.4 Å². The molecule has 0 radical (unpaired) electrons. The van der Waals surface area contributed by atoms with Crippen molar-refractivity contribution in [3.8, 4) is 11.3 Å². The molecule has 156 valence electrons. The van der Waals surface area contributed by atoms with Gasteiger partial charge in [0.15, 0.2) is 5.65 Å². The van der Waals surface area contributed by atoms with Crippen LogP contribution in [-0.4, -0.2) is 51.8 Å². The molecule has 5 rings (SSSR count). The molecule has 0 atom stereocenters. The molecular weight excluding hydrogens is 392 g/mol. The molecule has 0 saturated carbocycles. The molecule has 0 spiro atoms. The minimum Gasteiger partial charge on any atom is -0.379 e. The van der Waals surface area contributed by atoms with Crippen LogP contribution in [-0.2, 0) is 4.74 Å². The van der Waals surface area contributed by atoms with Crippen LogP contribution in [0.5, 0.6) is 0 Å². The first-order chi connectivity index (χ1) is 15.2. The number of fused-ring (bicyclic) bond motifs is 1. The lowest BCUT2D eigenvalue weighted by Crippen LogP contribution is -2.46. The maximum Gasteiger partial charge on any atom is 0.248 e. The topological polar surface area (TPSA) is 89.0 Å². The van der Waals surface area contributed by atoms with Crippen molar-refractivity contribution in [3.63, 3.8) is 0 Å². The number of nitrogens with zero attached hydrogens (tertiary/aromatic N) is 5. The summed E-state index contributed by atoms with van der Waals surface area (Å²) in [5.74, 6) is -0.447. The van der Waals surface area contributed by atoms with Gasteiger partial charge < -0.3 is 10.5 Å². The highest BCUT2D eigenvalue weighted by molar-refractivity contribution is 5.93. The van der Waals surface area contributed by atoms with E-state index < -0.39 is 5.91 Å². The highest BCUT2D eigenvalue weighted by atomic mass is 16.5. The number of para-hydroxylation sites is 1. The fourth-order valence-electron chi connectivity index (χ4n) is 3.86. The quantitative estimate of drug-likeness (QED) is 0.540. The third-order valence-electron chi connectivity index (χ3n) is 5.37. The number of carbonyl (C=O) groups is 1. The Labute approximate surface area is 179 Å². The average Bonchev–Trinajstić information content (AvgIpc) is 3.31. The van der Waals surface area contributed by atoms with Crippen molar-refractivity contribution in [1.29, 1.82) is 0 Å². The van der Waals surface area contributed by atoms with E-state index in [9.17, 15) is 4.79 Å².